The van der Waals surface area contributed by atoms with Crippen molar-refractivity contribution in [3.05, 3.63) is 29.8 Å². The van der Waals surface area contributed by atoms with Crippen LogP contribution in [0.15, 0.2) is 24.3 Å². The highest BCUT2D eigenvalue weighted by molar-refractivity contribution is 5.70. The van der Waals surface area contributed by atoms with Gasteiger partial charge in [-0.3, -0.25) is 4.79 Å². The first-order valence-corrected chi connectivity index (χ1v) is 6.59. The minimum Gasteiger partial charge on any atom is -0.497 e. The van der Waals surface area contributed by atoms with Crippen LogP contribution in [0.25, 0.3) is 0 Å². The lowest BCUT2D eigenvalue weighted by Crippen LogP contribution is -2.37. The Balaban J connectivity index is 1.99. The van der Waals surface area contributed by atoms with Gasteiger partial charge in [0.05, 0.1) is 13.2 Å². The molecule has 0 aromatic heterocycles. The summed E-state index contributed by atoms with van der Waals surface area (Å²) in [6, 6.07) is 7.86. The van der Waals surface area contributed by atoms with E-state index in [1.807, 2.05) is 24.3 Å². The number of carbonyl (C=O) groups excluding carboxylic acids is 1. The zero-order valence-corrected chi connectivity index (χ0v) is 11.3. The number of ether oxygens (including phenoxy) is 2. The van der Waals surface area contributed by atoms with E-state index in [9.17, 15) is 9.90 Å². The summed E-state index contributed by atoms with van der Waals surface area (Å²) in [5.74, 6) is 0.846. The molecule has 1 aromatic carbocycles. The first kappa shape index (κ1) is 13.9. The molecule has 1 N–H and O–H groups in total. The number of cyclic esters (lactones) is 1. The maximum Gasteiger partial charge on any atom is 0.306 e. The highest BCUT2D eigenvalue weighted by Crippen LogP contribution is 2.27. The van der Waals surface area contributed by atoms with E-state index >= 15 is 0 Å². The Hall–Kier alpha value is -1.55. The monoisotopic (exact) mass is 264 g/mol. The normalized spacial score (nSPS) is 24.7. The highest BCUT2D eigenvalue weighted by Gasteiger charge is 2.31. The number of aliphatic hydroxyl groups is 1. The number of aliphatic hydroxyl groups excluding tert-OH is 1. The zero-order chi connectivity index (χ0) is 13.8. The highest BCUT2D eigenvalue weighted by atomic mass is 16.6. The number of methoxy groups -OCH3 is 1. The van der Waals surface area contributed by atoms with Crippen molar-refractivity contribution in [2.24, 2.45) is 5.92 Å². The predicted molar refractivity (Wildman–Crippen MR) is 71.0 cm³/mol. The third kappa shape index (κ3) is 3.70. The van der Waals surface area contributed by atoms with Crippen molar-refractivity contribution in [3.8, 4) is 5.75 Å². The lowest BCUT2D eigenvalue weighted by Gasteiger charge is -2.30. The van der Waals surface area contributed by atoms with Crippen molar-refractivity contribution < 1.29 is 19.4 Å². The van der Waals surface area contributed by atoms with Gasteiger partial charge < -0.3 is 14.6 Å². The van der Waals surface area contributed by atoms with Gasteiger partial charge in [-0.15, -0.1) is 0 Å². The Morgan fingerprint density at radius 1 is 1.42 bits per heavy atom. The second-order valence-corrected chi connectivity index (χ2v) is 5.13. The van der Waals surface area contributed by atoms with Crippen LogP contribution in [0, 0.1) is 5.92 Å². The van der Waals surface area contributed by atoms with E-state index < -0.39 is 6.10 Å². The Kier molecular flexibility index (Phi) is 4.43. The molecule has 4 nitrogen and oxygen atoms in total. The lowest BCUT2D eigenvalue weighted by molar-refractivity contribution is -0.163. The second-order valence-electron chi connectivity index (χ2n) is 5.13. The van der Waals surface area contributed by atoms with Crippen LogP contribution in [0.2, 0.25) is 0 Å². The van der Waals surface area contributed by atoms with Gasteiger partial charge in [0.15, 0.2) is 0 Å². The van der Waals surface area contributed by atoms with E-state index in [0.29, 0.717) is 6.42 Å². The van der Waals surface area contributed by atoms with E-state index in [-0.39, 0.29) is 18.0 Å². The molecule has 0 aliphatic carbocycles. The van der Waals surface area contributed by atoms with Crippen molar-refractivity contribution in [3.63, 3.8) is 0 Å². The minimum absolute atomic E-state index is 0.212. The van der Waals surface area contributed by atoms with Crippen LogP contribution >= 0.6 is 0 Å². The van der Waals surface area contributed by atoms with E-state index in [2.05, 4.69) is 0 Å². The van der Waals surface area contributed by atoms with Crippen molar-refractivity contribution >= 4 is 5.97 Å². The average molecular weight is 264 g/mol. The summed E-state index contributed by atoms with van der Waals surface area (Å²) in [5.41, 5.74) is 1.17. The minimum atomic E-state index is -0.609. The summed E-state index contributed by atoms with van der Waals surface area (Å²) in [5, 5.41) is 9.55. The molecule has 0 amide bonds. The number of carbonyl (C=O) groups is 1. The summed E-state index contributed by atoms with van der Waals surface area (Å²) >= 11 is 0. The fourth-order valence-electron chi connectivity index (χ4n) is 2.46. The molecule has 0 spiro atoms. The Bertz CT molecular complexity index is 424. The average Bonchev–Trinajstić information content (AvgIpc) is 2.39. The topological polar surface area (TPSA) is 55.8 Å². The van der Waals surface area contributed by atoms with Gasteiger partial charge >= 0.3 is 5.97 Å². The van der Waals surface area contributed by atoms with Crippen LogP contribution in [0.3, 0.4) is 0 Å². The molecule has 3 unspecified atom stereocenters. The van der Waals surface area contributed by atoms with Gasteiger partial charge in [0.25, 0.3) is 0 Å². The van der Waals surface area contributed by atoms with Gasteiger partial charge in [0, 0.05) is 6.42 Å². The third-order valence-electron chi connectivity index (χ3n) is 3.53. The van der Waals surface area contributed by atoms with E-state index in [1.165, 1.54) is 5.56 Å². The molecule has 1 heterocycles. The van der Waals surface area contributed by atoms with E-state index in [4.69, 9.17) is 9.47 Å². The maximum absolute atomic E-state index is 11.5. The van der Waals surface area contributed by atoms with Crippen molar-refractivity contribution in [2.45, 2.75) is 38.4 Å². The summed E-state index contributed by atoms with van der Waals surface area (Å²) in [7, 11) is 1.64. The van der Waals surface area contributed by atoms with Crippen molar-refractivity contribution in [1.29, 1.82) is 0 Å². The number of benzene rings is 1. The SMILES string of the molecule is COc1ccc(CC2CC(=O)OC(C(C)O)C2)cc1. The fourth-order valence-corrected chi connectivity index (χ4v) is 2.46. The van der Waals surface area contributed by atoms with Gasteiger partial charge in [-0.05, 0) is 43.4 Å². The Morgan fingerprint density at radius 2 is 2.11 bits per heavy atom. The van der Waals surface area contributed by atoms with Crippen LogP contribution < -0.4 is 4.74 Å². The number of rotatable bonds is 4. The summed E-state index contributed by atoms with van der Waals surface area (Å²) in [6.45, 7) is 1.66. The Morgan fingerprint density at radius 3 is 2.68 bits per heavy atom. The van der Waals surface area contributed by atoms with E-state index in [0.717, 1.165) is 18.6 Å². The van der Waals surface area contributed by atoms with Gasteiger partial charge in [0.2, 0.25) is 0 Å². The molecule has 1 aliphatic rings. The molecule has 1 fully saturated rings. The zero-order valence-electron chi connectivity index (χ0n) is 11.3. The molecule has 4 heteroatoms. The molecule has 0 saturated carbocycles. The summed E-state index contributed by atoms with van der Waals surface area (Å²) in [6.07, 6.45) is 0.986. The molecule has 2 rings (SSSR count). The molecule has 1 aromatic rings. The van der Waals surface area contributed by atoms with Gasteiger partial charge in [0.1, 0.15) is 11.9 Å². The predicted octanol–water partition coefficient (Wildman–Crippen LogP) is 1.94. The van der Waals surface area contributed by atoms with E-state index in [1.54, 1.807) is 14.0 Å². The van der Waals surface area contributed by atoms with Gasteiger partial charge in [-0.25, -0.2) is 0 Å². The van der Waals surface area contributed by atoms with Crippen molar-refractivity contribution in [1.82, 2.24) is 0 Å². The second kappa shape index (κ2) is 6.06. The number of hydrogen-bond acceptors (Lipinski definition) is 4. The maximum atomic E-state index is 11.5. The standard InChI is InChI=1S/C15H20O4/c1-10(16)14-8-12(9-15(17)19-14)7-11-3-5-13(18-2)6-4-11/h3-6,10,12,14,16H,7-9H2,1-2H3. The van der Waals surface area contributed by atoms with Crippen molar-refractivity contribution in [2.75, 3.05) is 7.11 Å². The lowest BCUT2D eigenvalue weighted by atomic mass is 9.87. The third-order valence-corrected chi connectivity index (χ3v) is 3.53. The van der Waals surface area contributed by atoms with Crippen LogP contribution in [-0.4, -0.2) is 30.4 Å². The fraction of sp³-hybridized carbons (Fsp3) is 0.533. The molecule has 1 saturated heterocycles. The van der Waals surface area contributed by atoms with Gasteiger partial charge in [-0.2, -0.15) is 0 Å². The Labute approximate surface area is 113 Å². The molecular weight excluding hydrogens is 244 g/mol. The first-order chi connectivity index (χ1) is 9.08. The summed E-state index contributed by atoms with van der Waals surface area (Å²) < 4.78 is 10.3. The molecule has 1 aliphatic heterocycles. The van der Waals surface area contributed by atoms with Crippen LogP contribution in [0.1, 0.15) is 25.3 Å². The van der Waals surface area contributed by atoms with Crippen LogP contribution in [0.4, 0.5) is 0 Å². The molecule has 3 atom stereocenters. The molecule has 0 radical (unpaired) electrons. The van der Waals surface area contributed by atoms with Crippen LogP contribution in [0.5, 0.6) is 5.75 Å². The largest absolute Gasteiger partial charge is 0.497 e. The number of esters is 1. The smallest absolute Gasteiger partial charge is 0.306 e. The quantitative estimate of drug-likeness (QED) is 0.844. The molecule has 104 valence electrons. The van der Waals surface area contributed by atoms with Gasteiger partial charge in [-0.1, -0.05) is 12.1 Å². The molecule has 0 bridgehead atoms. The molecule has 19 heavy (non-hydrogen) atoms. The molecular formula is C15H20O4. The summed E-state index contributed by atoms with van der Waals surface area (Å²) in [4.78, 5) is 11.5. The first-order valence-electron chi connectivity index (χ1n) is 6.59. The number of hydrogen-bond donors (Lipinski definition) is 1. The van der Waals surface area contributed by atoms with Crippen LogP contribution in [-0.2, 0) is 16.0 Å².